The van der Waals surface area contributed by atoms with Crippen molar-refractivity contribution in [2.75, 3.05) is 0 Å². The van der Waals surface area contributed by atoms with Crippen molar-refractivity contribution in [2.45, 2.75) is 10.9 Å². The molecule has 0 fully saturated rings. The second-order valence-electron chi connectivity index (χ2n) is 4.66. The lowest BCUT2D eigenvalue weighted by molar-refractivity contribution is 0.617. The summed E-state index contributed by atoms with van der Waals surface area (Å²) in [5.74, 6) is 0.118. The molecule has 4 rings (SSSR count). The van der Waals surface area contributed by atoms with Crippen molar-refractivity contribution >= 4 is 49.9 Å². The molecule has 22 heavy (non-hydrogen) atoms. The highest BCUT2D eigenvalue weighted by Crippen LogP contribution is 2.32. The van der Waals surface area contributed by atoms with E-state index in [0.29, 0.717) is 16.3 Å². The van der Waals surface area contributed by atoms with Crippen LogP contribution in [-0.4, -0.2) is 14.6 Å². The lowest BCUT2D eigenvalue weighted by atomic mass is 10.2. The summed E-state index contributed by atoms with van der Waals surface area (Å²) in [7, 11) is 0. The largest absolute Gasteiger partial charge is 0.260 e. The van der Waals surface area contributed by atoms with Gasteiger partial charge in [-0.1, -0.05) is 52.9 Å². The van der Waals surface area contributed by atoms with E-state index in [1.807, 2.05) is 22.6 Å². The minimum Gasteiger partial charge on any atom is -0.260 e. The Kier molecular flexibility index (Phi) is 3.52. The fourth-order valence-electron chi connectivity index (χ4n) is 2.26. The maximum atomic E-state index is 13.8. The van der Waals surface area contributed by atoms with E-state index in [4.69, 9.17) is 11.6 Å². The van der Waals surface area contributed by atoms with Crippen LogP contribution >= 0.6 is 34.7 Å². The van der Waals surface area contributed by atoms with Crippen molar-refractivity contribution in [3.05, 3.63) is 58.9 Å². The molecule has 0 spiro atoms. The zero-order chi connectivity index (χ0) is 15.1. The molecule has 7 heteroatoms. The Hall–Kier alpha value is -1.63. The summed E-state index contributed by atoms with van der Waals surface area (Å²) in [5, 5.41) is 9.57. The van der Waals surface area contributed by atoms with Gasteiger partial charge < -0.3 is 0 Å². The highest BCUT2D eigenvalue weighted by atomic mass is 35.5. The lowest BCUT2D eigenvalue weighted by Gasteiger charge is -2.04. The molecule has 0 saturated heterocycles. The number of aromatic nitrogens is 3. The maximum Gasteiger partial charge on any atom is 0.217 e. The third-order valence-electron chi connectivity index (χ3n) is 3.32. The molecule has 3 nitrogen and oxygen atoms in total. The van der Waals surface area contributed by atoms with Crippen LogP contribution in [-0.2, 0) is 5.75 Å². The third kappa shape index (κ3) is 2.27. The first kappa shape index (κ1) is 14.0. The summed E-state index contributed by atoms with van der Waals surface area (Å²) >= 11 is 9.08. The van der Waals surface area contributed by atoms with Crippen LogP contribution in [0.25, 0.3) is 15.2 Å². The van der Waals surface area contributed by atoms with E-state index in [1.165, 1.54) is 17.8 Å². The SMILES string of the molecule is Fc1cccc(Cl)c1CSc1nnc2sc3ccccc3n12. The highest BCUT2D eigenvalue weighted by molar-refractivity contribution is 7.98. The van der Waals surface area contributed by atoms with E-state index < -0.39 is 0 Å². The number of para-hydroxylation sites is 1. The summed E-state index contributed by atoms with van der Waals surface area (Å²) in [5.41, 5.74) is 1.56. The van der Waals surface area contributed by atoms with Gasteiger partial charge in [0.2, 0.25) is 4.96 Å². The van der Waals surface area contributed by atoms with Crippen LogP contribution in [0.4, 0.5) is 4.39 Å². The fraction of sp³-hybridized carbons (Fsp3) is 0.0667. The molecule has 0 N–H and O–H groups in total. The van der Waals surface area contributed by atoms with Gasteiger partial charge >= 0.3 is 0 Å². The van der Waals surface area contributed by atoms with E-state index in [1.54, 1.807) is 23.5 Å². The van der Waals surface area contributed by atoms with Crippen molar-refractivity contribution < 1.29 is 4.39 Å². The molecule has 0 unspecified atom stereocenters. The first-order valence-corrected chi connectivity index (χ1v) is 8.70. The molecule has 0 atom stereocenters. The topological polar surface area (TPSA) is 30.2 Å². The van der Waals surface area contributed by atoms with Crippen LogP contribution in [0.3, 0.4) is 0 Å². The van der Waals surface area contributed by atoms with Crippen molar-refractivity contribution in [1.29, 1.82) is 0 Å². The molecular weight excluding hydrogens is 341 g/mol. The zero-order valence-corrected chi connectivity index (χ0v) is 13.6. The van der Waals surface area contributed by atoms with E-state index in [0.717, 1.165) is 20.3 Å². The Labute approximate surface area is 138 Å². The fourth-order valence-corrected chi connectivity index (χ4v) is 4.57. The number of benzene rings is 2. The maximum absolute atomic E-state index is 13.8. The normalized spacial score (nSPS) is 11.5. The summed E-state index contributed by atoms with van der Waals surface area (Å²) in [6, 6.07) is 12.8. The molecular formula is C15H9ClFN3S2. The van der Waals surface area contributed by atoms with Gasteiger partial charge in [0.1, 0.15) is 5.82 Å². The van der Waals surface area contributed by atoms with E-state index in [9.17, 15) is 4.39 Å². The van der Waals surface area contributed by atoms with Crippen molar-refractivity contribution in [3.63, 3.8) is 0 Å². The Morgan fingerprint density at radius 1 is 1.14 bits per heavy atom. The predicted molar refractivity (Wildman–Crippen MR) is 89.3 cm³/mol. The van der Waals surface area contributed by atoms with Crippen LogP contribution in [0.15, 0.2) is 47.6 Å². The summed E-state index contributed by atoms with van der Waals surface area (Å²) < 4.78 is 17.0. The zero-order valence-electron chi connectivity index (χ0n) is 11.2. The van der Waals surface area contributed by atoms with Crippen molar-refractivity contribution in [1.82, 2.24) is 14.6 Å². The van der Waals surface area contributed by atoms with Crippen molar-refractivity contribution in [2.24, 2.45) is 0 Å². The molecule has 0 bridgehead atoms. The Morgan fingerprint density at radius 2 is 2.00 bits per heavy atom. The van der Waals surface area contributed by atoms with Crippen LogP contribution in [0.1, 0.15) is 5.56 Å². The first-order chi connectivity index (χ1) is 10.7. The molecule has 0 aliphatic carbocycles. The molecule has 2 heterocycles. The number of rotatable bonds is 3. The van der Waals surface area contributed by atoms with Gasteiger partial charge in [-0.2, -0.15) is 0 Å². The molecule has 2 aromatic carbocycles. The molecule has 0 aliphatic heterocycles. The van der Waals surface area contributed by atoms with Crippen LogP contribution in [0.2, 0.25) is 5.02 Å². The molecule has 4 aromatic rings. The Bertz CT molecular complexity index is 959. The van der Waals surface area contributed by atoms with Gasteiger partial charge in [-0.3, -0.25) is 4.40 Å². The number of thioether (sulfide) groups is 1. The number of thiazole rings is 1. The number of hydrogen-bond donors (Lipinski definition) is 0. The molecule has 0 aliphatic rings. The molecule has 2 aromatic heterocycles. The minimum atomic E-state index is -0.295. The number of nitrogens with zero attached hydrogens (tertiary/aromatic N) is 3. The lowest BCUT2D eigenvalue weighted by Crippen LogP contribution is -1.91. The predicted octanol–water partition coefficient (Wildman–Crippen LogP) is 5.03. The molecule has 0 saturated carbocycles. The minimum absolute atomic E-state index is 0.295. The van der Waals surface area contributed by atoms with Crippen molar-refractivity contribution in [3.8, 4) is 0 Å². The molecule has 110 valence electrons. The first-order valence-electron chi connectivity index (χ1n) is 6.52. The summed E-state index contributed by atoms with van der Waals surface area (Å²) in [6.07, 6.45) is 0. The average molecular weight is 350 g/mol. The summed E-state index contributed by atoms with van der Waals surface area (Å²) in [6.45, 7) is 0. The number of hydrogen-bond acceptors (Lipinski definition) is 4. The summed E-state index contributed by atoms with van der Waals surface area (Å²) in [4.78, 5) is 0.836. The third-order valence-corrected chi connectivity index (χ3v) is 5.64. The van der Waals surface area contributed by atoms with E-state index in [2.05, 4.69) is 16.3 Å². The second kappa shape index (κ2) is 5.53. The van der Waals surface area contributed by atoms with Crippen LogP contribution < -0.4 is 0 Å². The van der Waals surface area contributed by atoms with Gasteiger partial charge in [0, 0.05) is 16.3 Å². The van der Waals surface area contributed by atoms with Gasteiger partial charge in [-0.05, 0) is 24.3 Å². The average Bonchev–Trinajstić information content (AvgIpc) is 3.06. The van der Waals surface area contributed by atoms with Gasteiger partial charge in [-0.15, -0.1) is 10.2 Å². The number of fused-ring (bicyclic) bond motifs is 3. The molecule has 0 amide bonds. The van der Waals surface area contributed by atoms with Crippen LogP contribution in [0.5, 0.6) is 0 Å². The van der Waals surface area contributed by atoms with Gasteiger partial charge in [-0.25, -0.2) is 4.39 Å². The number of halogens is 2. The van der Waals surface area contributed by atoms with Gasteiger partial charge in [0.25, 0.3) is 0 Å². The Morgan fingerprint density at radius 3 is 2.86 bits per heavy atom. The second-order valence-corrected chi connectivity index (χ2v) is 7.02. The standard InChI is InChI=1S/C15H9ClFN3S2/c16-10-4-3-5-11(17)9(10)8-21-14-18-19-15-20(14)12-6-1-2-7-13(12)22-15/h1-7H,8H2. The van der Waals surface area contributed by atoms with Crippen LogP contribution in [0, 0.1) is 5.82 Å². The van der Waals surface area contributed by atoms with Gasteiger partial charge in [0.15, 0.2) is 5.16 Å². The van der Waals surface area contributed by atoms with E-state index in [-0.39, 0.29) is 5.82 Å². The van der Waals surface area contributed by atoms with Gasteiger partial charge in [0.05, 0.1) is 10.2 Å². The smallest absolute Gasteiger partial charge is 0.217 e. The highest BCUT2D eigenvalue weighted by Gasteiger charge is 2.14. The molecule has 0 radical (unpaired) electrons. The quantitative estimate of drug-likeness (QED) is 0.486. The monoisotopic (exact) mass is 349 g/mol. The van der Waals surface area contributed by atoms with E-state index >= 15 is 0 Å². The Balaban J connectivity index is 1.73.